The monoisotopic (exact) mass is 422 g/mol. The molecule has 32 heavy (non-hydrogen) atoms. The maximum Gasteiger partial charge on any atom is 0.125 e. The van der Waals surface area contributed by atoms with Crippen LogP contribution in [0.4, 0.5) is 5.69 Å². The van der Waals surface area contributed by atoms with Crippen LogP contribution in [0.5, 0.6) is 11.5 Å². The number of hydrogen-bond donors (Lipinski definition) is 1. The number of methoxy groups -OCH3 is 1. The molecule has 160 valence electrons. The first-order chi connectivity index (χ1) is 15.8. The largest absolute Gasteiger partial charge is 0.496 e. The molecule has 0 radical (unpaired) electrons. The summed E-state index contributed by atoms with van der Waals surface area (Å²) in [6, 6.07) is 34.4. The van der Waals surface area contributed by atoms with Gasteiger partial charge in [0.1, 0.15) is 18.1 Å². The van der Waals surface area contributed by atoms with Gasteiger partial charge in [0.05, 0.1) is 19.0 Å². The van der Waals surface area contributed by atoms with Gasteiger partial charge in [0.25, 0.3) is 0 Å². The van der Waals surface area contributed by atoms with Crippen LogP contribution in [0.3, 0.4) is 0 Å². The lowest BCUT2D eigenvalue weighted by atomic mass is 10.0. The van der Waals surface area contributed by atoms with Gasteiger partial charge in [-0.25, -0.2) is 0 Å². The minimum absolute atomic E-state index is 0.406. The highest BCUT2D eigenvalue weighted by Crippen LogP contribution is 2.25. The highest BCUT2D eigenvalue weighted by atomic mass is 16.5. The Labute approximate surface area is 189 Å². The van der Waals surface area contributed by atoms with Crippen LogP contribution < -0.4 is 14.9 Å². The van der Waals surface area contributed by atoms with Gasteiger partial charge in [-0.2, -0.15) is 5.10 Å². The molecule has 0 saturated heterocycles. The predicted molar refractivity (Wildman–Crippen MR) is 131 cm³/mol. The third kappa shape index (κ3) is 5.76. The van der Waals surface area contributed by atoms with Crippen molar-refractivity contribution in [1.29, 1.82) is 0 Å². The van der Waals surface area contributed by atoms with E-state index in [1.165, 1.54) is 5.56 Å². The molecule has 4 nitrogen and oxygen atoms in total. The van der Waals surface area contributed by atoms with Gasteiger partial charge in [-0.15, -0.1) is 0 Å². The van der Waals surface area contributed by atoms with Gasteiger partial charge in [0, 0.05) is 12.0 Å². The molecule has 0 unspecified atom stereocenters. The number of anilines is 1. The van der Waals surface area contributed by atoms with E-state index < -0.39 is 0 Å². The Morgan fingerprint density at radius 2 is 1.47 bits per heavy atom. The summed E-state index contributed by atoms with van der Waals surface area (Å²) in [5, 5.41) is 4.33. The van der Waals surface area contributed by atoms with Crippen LogP contribution in [-0.4, -0.2) is 13.3 Å². The molecular weight excluding hydrogens is 396 g/mol. The lowest BCUT2D eigenvalue weighted by Crippen LogP contribution is -2.02. The summed E-state index contributed by atoms with van der Waals surface area (Å²) in [4.78, 5) is 0. The quantitative estimate of drug-likeness (QED) is 0.254. The van der Waals surface area contributed by atoms with Crippen molar-refractivity contribution in [2.24, 2.45) is 5.10 Å². The number of hydrogen-bond acceptors (Lipinski definition) is 4. The van der Waals surface area contributed by atoms with Gasteiger partial charge in [-0.1, -0.05) is 66.7 Å². The van der Waals surface area contributed by atoms with Crippen LogP contribution in [0.1, 0.15) is 22.3 Å². The van der Waals surface area contributed by atoms with Gasteiger partial charge >= 0.3 is 0 Å². The van der Waals surface area contributed by atoms with E-state index in [1.54, 1.807) is 13.3 Å². The SMILES string of the molecule is COc1ccc(C=NNc2ccccc2)cc1COc1ccccc1Cc1ccccc1. The van der Waals surface area contributed by atoms with E-state index in [9.17, 15) is 0 Å². The fourth-order valence-corrected chi connectivity index (χ4v) is 3.45. The molecule has 0 aliphatic heterocycles. The van der Waals surface area contributed by atoms with Crippen molar-refractivity contribution in [3.63, 3.8) is 0 Å². The lowest BCUT2D eigenvalue weighted by molar-refractivity contribution is 0.294. The molecule has 4 rings (SSSR count). The number of nitrogens with zero attached hydrogens (tertiary/aromatic N) is 1. The normalized spacial score (nSPS) is 10.8. The van der Waals surface area contributed by atoms with Crippen molar-refractivity contribution in [3.05, 3.63) is 125 Å². The van der Waals surface area contributed by atoms with Crippen molar-refractivity contribution in [2.45, 2.75) is 13.0 Å². The van der Waals surface area contributed by atoms with Crippen LogP contribution in [0.25, 0.3) is 0 Å². The lowest BCUT2D eigenvalue weighted by Gasteiger charge is -2.14. The van der Waals surface area contributed by atoms with E-state index >= 15 is 0 Å². The third-order valence-corrected chi connectivity index (χ3v) is 5.08. The van der Waals surface area contributed by atoms with Crippen LogP contribution in [0.2, 0.25) is 0 Å². The van der Waals surface area contributed by atoms with E-state index in [0.29, 0.717) is 6.61 Å². The molecule has 4 aromatic carbocycles. The summed E-state index contributed by atoms with van der Waals surface area (Å²) in [5.41, 5.74) is 8.31. The molecule has 4 heteroatoms. The first-order valence-corrected chi connectivity index (χ1v) is 10.6. The van der Waals surface area contributed by atoms with Crippen LogP contribution in [-0.2, 0) is 13.0 Å². The number of hydrazone groups is 1. The summed E-state index contributed by atoms with van der Waals surface area (Å²) in [6.07, 6.45) is 2.62. The first kappa shape index (κ1) is 21.2. The number of ether oxygens (including phenoxy) is 2. The fraction of sp³-hybridized carbons (Fsp3) is 0.107. The van der Waals surface area contributed by atoms with Gasteiger partial charge in [0.15, 0.2) is 0 Å². The molecule has 0 aromatic heterocycles. The van der Waals surface area contributed by atoms with Gasteiger partial charge in [-0.05, 0) is 53.1 Å². The summed E-state index contributed by atoms with van der Waals surface area (Å²) in [6.45, 7) is 0.406. The molecule has 0 fully saturated rings. The van der Waals surface area contributed by atoms with Gasteiger partial charge in [0.2, 0.25) is 0 Å². The van der Waals surface area contributed by atoms with E-state index in [0.717, 1.165) is 40.3 Å². The first-order valence-electron chi connectivity index (χ1n) is 10.6. The van der Waals surface area contributed by atoms with Crippen molar-refractivity contribution in [3.8, 4) is 11.5 Å². The maximum absolute atomic E-state index is 6.23. The second-order valence-electron chi connectivity index (χ2n) is 7.37. The van der Waals surface area contributed by atoms with Gasteiger partial charge < -0.3 is 9.47 Å². The summed E-state index contributed by atoms with van der Waals surface area (Å²) >= 11 is 0. The molecule has 0 saturated carbocycles. The summed E-state index contributed by atoms with van der Waals surface area (Å²) in [7, 11) is 1.67. The Hall–Kier alpha value is -4.05. The minimum Gasteiger partial charge on any atom is -0.496 e. The zero-order chi connectivity index (χ0) is 22.0. The summed E-state index contributed by atoms with van der Waals surface area (Å²) < 4.78 is 11.8. The molecule has 0 aliphatic carbocycles. The number of nitrogens with one attached hydrogen (secondary N) is 1. The van der Waals surface area contributed by atoms with Crippen LogP contribution >= 0.6 is 0 Å². The van der Waals surface area contributed by atoms with Crippen molar-refractivity contribution in [1.82, 2.24) is 0 Å². The molecule has 1 N–H and O–H groups in total. The Morgan fingerprint density at radius 3 is 2.25 bits per heavy atom. The molecule has 4 aromatic rings. The number of benzene rings is 4. The Morgan fingerprint density at radius 1 is 0.750 bits per heavy atom. The van der Waals surface area contributed by atoms with E-state index in [4.69, 9.17) is 9.47 Å². The zero-order valence-electron chi connectivity index (χ0n) is 18.1. The van der Waals surface area contributed by atoms with E-state index in [1.807, 2.05) is 72.8 Å². The smallest absolute Gasteiger partial charge is 0.125 e. The second-order valence-corrected chi connectivity index (χ2v) is 7.37. The van der Waals surface area contributed by atoms with Gasteiger partial charge in [-0.3, -0.25) is 5.43 Å². The second kappa shape index (κ2) is 10.8. The van der Waals surface area contributed by atoms with E-state index in [-0.39, 0.29) is 0 Å². The number of para-hydroxylation sites is 2. The summed E-state index contributed by atoms with van der Waals surface area (Å²) in [5.74, 6) is 1.67. The molecule has 0 heterocycles. The highest BCUT2D eigenvalue weighted by molar-refractivity contribution is 5.81. The average molecular weight is 423 g/mol. The molecule has 0 spiro atoms. The molecule has 0 bridgehead atoms. The standard InChI is InChI=1S/C28H26N2O2/c1-31-27-17-16-23(20-29-30-26-13-6-3-7-14-26)19-25(27)21-32-28-15-9-8-12-24(28)18-22-10-4-2-5-11-22/h2-17,19-20,30H,18,21H2,1H3. The minimum atomic E-state index is 0.406. The Kier molecular flexibility index (Phi) is 7.17. The maximum atomic E-state index is 6.23. The van der Waals surface area contributed by atoms with Crippen molar-refractivity contribution in [2.75, 3.05) is 12.5 Å². The van der Waals surface area contributed by atoms with E-state index in [2.05, 4.69) is 40.9 Å². The zero-order valence-corrected chi connectivity index (χ0v) is 18.1. The number of rotatable bonds is 9. The predicted octanol–water partition coefficient (Wildman–Crippen LogP) is 6.31. The van der Waals surface area contributed by atoms with Crippen molar-refractivity contribution >= 4 is 11.9 Å². The van der Waals surface area contributed by atoms with Crippen molar-refractivity contribution < 1.29 is 9.47 Å². The topological polar surface area (TPSA) is 42.8 Å². The molecule has 0 aliphatic rings. The Balaban J connectivity index is 1.46. The Bertz CT molecular complexity index is 1160. The molecular formula is C28H26N2O2. The van der Waals surface area contributed by atoms with Crippen LogP contribution in [0.15, 0.2) is 108 Å². The molecule has 0 amide bonds. The van der Waals surface area contributed by atoms with Crippen LogP contribution in [0, 0.1) is 0 Å². The molecule has 0 atom stereocenters. The fourth-order valence-electron chi connectivity index (χ4n) is 3.45. The average Bonchev–Trinajstić information content (AvgIpc) is 2.85. The highest BCUT2D eigenvalue weighted by Gasteiger charge is 2.08. The third-order valence-electron chi connectivity index (χ3n) is 5.08.